The molecule has 0 saturated carbocycles. The van der Waals surface area contributed by atoms with Gasteiger partial charge in [-0.15, -0.1) is 0 Å². The van der Waals surface area contributed by atoms with E-state index in [0.29, 0.717) is 16.8 Å². The molecule has 1 aromatic carbocycles. The minimum absolute atomic E-state index is 0.105. The Labute approximate surface area is 122 Å². The molecular weight excluding hydrogens is 274 g/mol. The molecule has 1 aromatic heterocycles. The van der Waals surface area contributed by atoms with Gasteiger partial charge in [-0.25, -0.2) is 0 Å². The van der Waals surface area contributed by atoms with E-state index in [4.69, 9.17) is 15.2 Å². The van der Waals surface area contributed by atoms with Crippen molar-refractivity contribution in [3.8, 4) is 11.8 Å². The maximum Gasteiger partial charge on any atom is 0.220 e. The Bertz CT molecular complexity index is 611. The minimum Gasteiger partial charge on any atom is -0.481 e. The third kappa shape index (κ3) is 3.04. The van der Waals surface area contributed by atoms with Crippen molar-refractivity contribution < 1.29 is 19.7 Å². The standard InChI is InChI=1S/C14H17N3O4/c1-20-10-6-11(21-2)17-14(16-10)13(19)9-5-3-4-8(7-18)12(9)15/h3-6,13,18-19H,7,15H2,1-2H3. The molecule has 0 aliphatic rings. The molecule has 1 heterocycles. The molecular formula is C14H17N3O4. The lowest BCUT2D eigenvalue weighted by Crippen LogP contribution is -2.10. The van der Waals surface area contributed by atoms with Crippen LogP contribution < -0.4 is 15.2 Å². The number of aromatic nitrogens is 2. The predicted molar refractivity (Wildman–Crippen MR) is 76.0 cm³/mol. The van der Waals surface area contributed by atoms with Gasteiger partial charge in [-0.05, 0) is 0 Å². The molecule has 7 nitrogen and oxygen atoms in total. The smallest absolute Gasteiger partial charge is 0.220 e. The Balaban J connectivity index is 2.46. The van der Waals surface area contributed by atoms with Gasteiger partial charge >= 0.3 is 0 Å². The molecule has 4 N–H and O–H groups in total. The summed E-state index contributed by atoms with van der Waals surface area (Å²) in [5.74, 6) is 0.647. The zero-order valence-electron chi connectivity index (χ0n) is 11.8. The van der Waals surface area contributed by atoms with Crippen molar-refractivity contribution in [3.63, 3.8) is 0 Å². The van der Waals surface area contributed by atoms with Crippen molar-refractivity contribution in [1.29, 1.82) is 0 Å². The molecule has 0 bridgehead atoms. The van der Waals surface area contributed by atoms with Gasteiger partial charge in [0, 0.05) is 16.8 Å². The van der Waals surface area contributed by atoms with Crippen molar-refractivity contribution in [2.45, 2.75) is 12.7 Å². The molecule has 2 rings (SSSR count). The number of nitrogens with two attached hydrogens (primary N) is 1. The molecule has 112 valence electrons. The monoisotopic (exact) mass is 291 g/mol. The SMILES string of the molecule is COc1cc(OC)nc(C(O)c2cccc(CO)c2N)n1. The Hall–Kier alpha value is -2.38. The van der Waals surface area contributed by atoms with Crippen LogP contribution in [0.5, 0.6) is 11.8 Å². The molecule has 0 aliphatic carbocycles. The molecule has 0 aliphatic heterocycles. The van der Waals surface area contributed by atoms with E-state index >= 15 is 0 Å². The number of ether oxygens (including phenoxy) is 2. The number of aliphatic hydroxyl groups excluding tert-OH is 2. The van der Waals surface area contributed by atoms with Gasteiger partial charge in [0.1, 0.15) is 6.10 Å². The maximum atomic E-state index is 10.4. The molecule has 7 heteroatoms. The summed E-state index contributed by atoms with van der Waals surface area (Å²) in [4.78, 5) is 8.18. The highest BCUT2D eigenvalue weighted by Crippen LogP contribution is 2.29. The molecule has 0 fully saturated rings. The lowest BCUT2D eigenvalue weighted by atomic mass is 10.0. The minimum atomic E-state index is -1.15. The van der Waals surface area contributed by atoms with E-state index in [1.165, 1.54) is 20.3 Å². The Morgan fingerprint density at radius 1 is 1.19 bits per heavy atom. The molecule has 0 spiro atoms. The lowest BCUT2D eigenvalue weighted by molar-refractivity contribution is 0.206. The summed E-state index contributed by atoms with van der Waals surface area (Å²) in [5, 5.41) is 19.7. The summed E-state index contributed by atoms with van der Waals surface area (Å²) in [6.07, 6.45) is -1.15. The molecule has 1 atom stereocenters. The predicted octanol–water partition coefficient (Wildman–Crippen LogP) is 0.650. The molecule has 2 aromatic rings. The van der Waals surface area contributed by atoms with E-state index in [1.54, 1.807) is 18.2 Å². The molecule has 0 radical (unpaired) electrons. The van der Waals surface area contributed by atoms with Crippen molar-refractivity contribution in [2.24, 2.45) is 0 Å². The number of methoxy groups -OCH3 is 2. The van der Waals surface area contributed by atoms with Gasteiger partial charge < -0.3 is 25.4 Å². The summed E-state index contributed by atoms with van der Waals surface area (Å²) in [7, 11) is 2.91. The van der Waals surface area contributed by atoms with Gasteiger partial charge in [0.15, 0.2) is 5.82 Å². The Morgan fingerprint density at radius 2 is 1.81 bits per heavy atom. The van der Waals surface area contributed by atoms with Gasteiger partial charge in [0.05, 0.1) is 26.9 Å². The topological polar surface area (TPSA) is 111 Å². The zero-order chi connectivity index (χ0) is 15.4. The van der Waals surface area contributed by atoms with Gasteiger partial charge in [-0.2, -0.15) is 9.97 Å². The van der Waals surface area contributed by atoms with E-state index in [0.717, 1.165) is 0 Å². The number of benzene rings is 1. The zero-order valence-corrected chi connectivity index (χ0v) is 11.8. The third-order valence-electron chi connectivity index (χ3n) is 3.05. The fourth-order valence-electron chi connectivity index (χ4n) is 1.90. The number of para-hydroxylation sites is 1. The normalized spacial score (nSPS) is 12.0. The van der Waals surface area contributed by atoms with Gasteiger partial charge in [0.25, 0.3) is 0 Å². The number of nitrogens with zero attached hydrogens (tertiary/aromatic N) is 2. The van der Waals surface area contributed by atoms with Crippen molar-refractivity contribution in [3.05, 3.63) is 41.2 Å². The number of anilines is 1. The molecule has 0 amide bonds. The lowest BCUT2D eigenvalue weighted by Gasteiger charge is -2.15. The van der Waals surface area contributed by atoms with Crippen LogP contribution in [-0.4, -0.2) is 34.4 Å². The maximum absolute atomic E-state index is 10.4. The first-order chi connectivity index (χ1) is 10.1. The fourth-order valence-corrected chi connectivity index (χ4v) is 1.90. The van der Waals surface area contributed by atoms with Crippen LogP contribution in [0.2, 0.25) is 0 Å². The first-order valence-corrected chi connectivity index (χ1v) is 6.23. The summed E-state index contributed by atoms with van der Waals surface area (Å²) in [6, 6.07) is 6.52. The van der Waals surface area contributed by atoms with E-state index in [-0.39, 0.29) is 24.2 Å². The van der Waals surface area contributed by atoms with Gasteiger partial charge in [-0.1, -0.05) is 18.2 Å². The van der Waals surface area contributed by atoms with Crippen LogP contribution in [0.1, 0.15) is 23.1 Å². The van der Waals surface area contributed by atoms with E-state index in [1.807, 2.05) is 0 Å². The van der Waals surface area contributed by atoms with Gasteiger partial charge in [-0.3, -0.25) is 0 Å². The second-order valence-corrected chi connectivity index (χ2v) is 4.29. The van der Waals surface area contributed by atoms with Crippen LogP contribution in [0.15, 0.2) is 24.3 Å². The Morgan fingerprint density at radius 3 is 2.33 bits per heavy atom. The van der Waals surface area contributed by atoms with Crippen molar-refractivity contribution >= 4 is 5.69 Å². The van der Waals surface area contributed by atoms with Crippen LogP contribution in [-0.2, 0) is 6.61 Å². The third-order valence-corrected chi connectivity index (χ3v) is 3.05. The number of rotatable bonds is 5. The Kier molecular flexibility index (Phi) is 4.56. The summed E-state index contributed by atoms with van der Waals surface area (Å²) < 4.78 is 10.1. The highest BCUT2D eigenvalue weighted by molar-refractivity contribution is 5.55. The van der Waals surface area contributed by atoms with Crippen molar-refractivity contribution in [1.82, 2.24) is 9.97 Å². The first-order valence-electron chi connectivity index (χ1n) is 6.23. The van der Waals surface area contributed by atoms with Crippen LogP contribution in [0.25, 0.3) is 0 Å². The van der Waals surface area contributed by atoms with E-state index in [9.17, 15) is 10.2 Å². The van der Waals surface area contributed by atoms with Crippen LogP contribution in [0.4, 0.5) is 5.69 Å². The summed E-state index contributed by atoms with van der Waals surface area (Å²) in [6.45, 7) is -0.214. The number of aliphatic hydroxyl groups is 2. The molecule has 1 unspecified atom stereocenters. The average molecular weight is 291 g/mol. The fraction of sp³-hybridized carbons (Fsp3) is 0.286. The summed E-state index contributed by atoms with van der Waals surface area (Å²) >= 11 is 0. The average Bonchev–Trinajstić information content (AvgIpc) is 2.53. The largest absolute Gasteiger partial charge is 0.481 e. The second kappa shape index (κ2) is 6.38. The van der Waals surface area contributed by atoms with Gasteiger partial charge in [0.2, 0.25) is 11.8 Å². The van der Waals surface area contributed by atoms with E-state index in [2.05, 4.69) is 9.97 Å². The highest BCUT2D eigenvalue weighted by Gasteiger charge is 2.20. The number of hydrogen-bond donors (Lipinski definition) is 3. The van der Waals surface area contributed by atoms with Crippen LogP contribution >= 0.6 is 0 Å². The number of nitrogen functional groups attached to an aromatic ring is 1. The van der Waals surface area contributed by atoms with E-state index < -0.39 is 6.10 Å². The molecule has 0 saturated heterocycles. The summed E-state index contributed by atoms with van der Waals surface area (Å²) in [5.41, 5.74) is 7.18. The molecule has 21 heavy (non-hydrogen) atoms. The van der Waals surface area contributed by atoms with Crippen LogP contribution in [0, 0.1) is 0 Å². The first kappa shape index (κ1) is 15.0. The highest BCUT2D eigenvalue weighted by atomic mass is 16.5. The quantitative estimate of drug-likeness (QED) is 0.693. The van der Waals surface area contributed by atoms with Crippen LogP contribution in [0.3, 0.4) is 0 Å². The second-order valence-electron chi connectivity index (χ2n) is 4.29. The number of hydrogen-bond acceptors (Lipinski definition) is 7. The van der Waals surface area contributed by atoms with Crippen molar-refractivity contribution in [2.75, 3.05) is 20.0 Å².